The number of aromatic nitrogens is 2. The van der Waals surface area contributed by atoms with E-state index in [-0.39, 0.29) is 16.3 Å². The van der Waals surface area contributed by atoms with Gasteiger partial charge in [0, 0.05) is 12.6 Å². The second-order valence-electron chi connectivity index (χ2n) is 4.57. The van der Waals surface area contributed by atoms with Gasteiger partial charge in [-0.3, -0.25) is 4.79 Å². The van der Waals surface area contributed by atoms with E-state index in [0.717, 1.165) is 22.9 Å². The molecule has 0 radical (unpaired) electrons. The molecule has 0 aliphatic heterocycles. The Kier molecular flexibility index (Phi) is 4.57. The Bertz CT molecular complexity index is 718. The topological polar surface area (TPSA) is 46.9 Å². The first-order valence-electron chi connectivity index (χ1n) is 6.37. The number of nitrogens with zero attached hydrogens (tertiary/aromatic N) is 2. The molecule has 2 rings (SSSR count). The maximum absolute atomic E-state index is 13.8. The SMILES string of the molecule is CCC(Nc1cnn(C)c(=O)c1Cl)c1cc(F)ccc1F. The third-order valence-corrected chi connectivity index (χ3v) is 3.51. The maximum Gasteiger partial charge on any atom is 0.287 e. The van der Waals surface area contributed by atoms with Crippen LogP contribution in [-0.4, -0.2) is 9.78 Å². The number of nitrogens with one attached hydrogen (secondary N) is 1. The Balaban J connectivity index is 2.38. The molecule has 0 saturated heterocycles. The summed E-state index contributed by atoms with van der Waals surface area (Å²) < 4.78 is 28.2. The molecular weight excluding hydrogens is 300 g/mol. The van der Waals surface area contributed by atoms with E-state index >= 15 is 0 Å². The molecule has 0 amide bonds. The molecule has 2 aromatic rings. The van der Waals surface area contributed by atoms with Crippen LogP contribution in [0, 0.1) is 11.6 Å². The van der Waals surface area contributed by atoms with Crippen LogP contribution in [-0.2, 0) is 7.05 Å². The highest BCUT2D eigenvalue weighted by atomic mass is 35.5. The fraction of sp³-hybridized carbons (Fsp3) is 0.286. The Hall–Kier alpha value is -1.95. The fourth-order valence-corrected chi connectivity index (χ4v) is 2.21. The number of rotatable bonds is 4. The van der Waals surface area contributed by atoms with Crippen LogP contribution in [0.1, 0.15) is 24.9 Å². The van der Waals surface area contributed by atoms with Gasteiger partial charge in [-0.2, -0.15) is 5.10 Å². The number of anilines is 1. The lowest BCUT2D eigenvalue weighted by Crippen LogP contribution is -2.22. The molecule has 1 unspecified atom stereocenters. The highest BCUT2D eigenvalue weighted by molar-refractivity contribution is 6.32. The number of hydrogen-bond donors (Lipinski definition) is 1. The molecule has 1 aromatic carbocycles. The first kappa shape index (κ1) is 15.4. The molecule has 0 bridgehead atoms. The van der Waals surface area contributed by atoms with Crippen molar-refractivity contribution in [1.29, 1.82) is 0 Å². The average molecular weight is 314 g/mol. The van der Waals surface area contributed by atoms with E-state index < -0.39 is 23.2 Å². The van der Waals surface area contributed by atoms with Gasteiger partial charge in [-0.25, -0.2) is 13.5 Å². The van der Waals surface area contributed by atoms with Crippen molar-refractivity contribution in [3.63, 3.8) is 0 Å². The summed E-state index contributed by atoms with van der Waals surface area (Å²) in [4.78, 5) is 11.7. The smallest absolute Gasteiger partial charge is 0.287 e. The fourth-order valence-electron chi connectivity index (χ4n) is 1.98. The molecule has 1 heterocycles. The van der Waals surface area contributed by atoms with E-state index in [2.05, 4.69) is 10.4 Å². The lowest BCUT2D eigenvalue weighted by molar-refractivity contribution is 0.566. The minimum absolute atomic E-state index is 0.0391. The second kappa shape index (κ2) is 6.22. The zero-order valence-electron chi connectivity index (χ0n) is 11.5. The van der Waals surface area contributed by atoms with E-state index in [1.54, 1.807) is 0 Å². The summed E-state index contributed by atoms with van der Waals surface area (Å²) in [5.74, 6) is -1.05. The summed E-state index contributed by atoms with van der Waals surface area (Å²) in [5.41, 5.74) is 0.000700. The Labute approximate surface area is 125 Å². The third kappa shape index (κ3) is 3.21. The maximum atomic E-state index is 13.8. The molecule has 7 heteroatoms. The highest BCUT2D eigenvalue weighted by Crippen LogP contribution is 2.27. The molecule has 1 aromatic heterocycles. The van der Waals surface area contributed by atoms with Gasteiger partial charge in [-0.05, 0) is 24.6 Å². The Morgan fingerprint density at radius 2 is 2.14 bits per heavy atom. The molecule has 1 N–H and O–H groups in total. The van der Waals surface area contributed by atoms with Gasteiger partial charge < -0.3 is 5.32 Å². The normalized spacial score (nSPS) is 12.2. The van der Waals surface area contributed by atoms with Gasteiger partial charge in [0.2, 0.25) is 0 Å². The summed E-state index contributed by atoms with van der Waals surface area (Å²) in [6.07, 6.45) is 1.86. The number of benzene rings is 1. The van der Waals surface area contributed by atoms with Gasteiger partial charge >= 0.3 is 0 Å². The molecule has 0 spiro atoms. The van der Waals surface area contributed by atoms with Crippen LogP contribution >= 0.6 is 11.6 Å². The largest absolute Gasteiger partial charge is 0.375 e. The molecule has 112 valence electrons. The molecule has 1 atom stereocenters. The van der Waals surface area contributed by atoms with Crippen molar-refractivity contribution in [3.8, 4) is 0 Å². The van der Waals surface area contributed by atoms with Gasteiger partial charge in [0.05, 0.1) is 17.9 Å². The van der Waals surface area contributed by atoms with Gasteiger partial charge in [0.1, 0.15) is 16.7 Å². The number of hydrogen-bond acceptors (Lipinski definition) is 3. The zero-order chi connectivity index (χ0) is 15.6. The highest BCUT2D eigenvalue weighted by Gasteiger charge is 2.17. The summed E-state index contributed by atoms with van der Waals surface area (Å²) in [5, 5.41) is 6.75. The van der Waals surface area contributed by atoms with Crippen LogP contribution in [0.15, 0.2) is 29.2 Å². The van der Waals surface area contributed by atoms with Gasteiger partial charge in [0.15, 0.2) is 0 Å². The van der Waals surface area contributed by atoms with E-state index in [0.29, 0.717) is 6.42 Å². The molecular formula is C14H14ClF2N3O. The Morgan fingerprint density at radius 3 is 2.81 bits per heavy atom. The molecule has 0 fully saturated rings. The quantitative estimate of drug-likeness (QED) is 0.942. The van der Waals surface area contributed by atoms with Gasteiger partial charge in [-0.1, -0.05) is 18.5 Å². The molecule has 21 heavy (non-hydrogen) atoms. The lowest BCUT2D eigenvalue weighted by atomic mass is 10.0. The summed E-state index contributed by atoms with van der Waals surface area (Å²) in [6.45, 7) is 1.81. The lowest BCUT2D eigenvalue weighted by Gasteiger charge is -2.20. The van der Waals surface area contributed by atoms with Crippen molar-refractivity contribution in [2.45, 2.75) is 19.4 Å². The van der Waals surface area contributed by atoms with Crippen molar-refractivity contribution in [2.75, 3.05) is 5.32 Å². The van der Waals surface area contributed by atoms with E-state index in [1.165, 1.54) is 13.2 Å². The predicted molar refractivity (Wildman–Crippen MR) is 77.5 cm³/mol. The predicted octanol–water partition coefficient (Wildman–Crippen LogP) is 3.28. The number of halogens is 3. The monoisotopic (exact) mass is 313 g/mol. The van der Waals surface area contributed by atoms with Crippen LogP contribution in [0.2, 0.25) is 5.02 Å². The van der Waals surface area contributed by atoms with E-state index in [1.807, 2.05) is 6.92 Å². The van der Waals surface area contributed by atoms with Crippen LogP contribution in [0.3, 0.4) is 0 Å². The zero-order valence-corrected chi connectivity index (χ0v) is 12.3. The molecule has 4 nitrogen and oxygen atoms in total. The first-order valence-corrected chi connectivity index (χ1v) is 6.75. The molecule has 0 aliphatic carbocycles. The van der Waals surface area contributed by atoms with Gasteiger partial charge in [-0.15, -0.1) is 0 Å². The van der Waals surface area contributed by atoms with Crippen molar-refractivity contribution in [1.82, 2.24) is 9.78 Å². The van der Waals surface area contributed by atoms with E-state index in [4.69, 9.17) is 11.6 Å². The average Bonchev–Trinajstić information content (AvgIpc) is 2.47. The summed E-state index contributed by atoms with van der Waals surface area (Å²) in [7, 11) is 1.47. The van der Waals surface area contributed by atoms with E-state index in [9.17, 15) is 13.6 Å². The molecule has 0 aliphatic rings. The number of aryl methyl sites for hydroxylation is 1. The third-order valence-electron chi connectivity index (χ3n) is 3.15. The minimum Gasteiger partial charge on any atom is -0.375 e. The van der Waals surface area contributed by atoms with Crippen molar-refractivity contribution in [2.24, 2.45) is 7.05 Å². The standard InChI is InChI=1S/C14H14ClF2N3O/c1-3-11(9-6-8(16)4-5-10(9)17)19-12-7-18-20(2)14(21)13(12)15/h4-7,11,19H,3H2,1-2H3. The first-order chi connectivity index (χ1) is 9.93. The minimum atomic E-state index is -0.528. The Morgan fingerprint density at radius 1 is 1.43 bits per heavy atom. The van der Waals surface area contributed by atoms with Crippen molar-refractivity contribution >= 4 is 17.3 Å². The van der Waals surface area contributed by atoms with Crippen molar-refractivity contribution in [3.05, 3.63) is 57.0 Å². The van der Waals surface area contributed by atoms with Crippen LogP contribution in [0.5, 0.6) is 0 Å². The van der Waals surface area contributed by atoms with Crippen LogP contribution in [0.25, 0.3) is 0 Å². The van der Waals surface area contributed by atoms with Crippen LogP contribution in [0.4, 0.5) is 14.5 Å². The summed E-state index contributed by atoms with van der Waals surface area (Å²) >= 11 is 5.95. The molecule has 0 saturated carbocycles. The van der Waals surface area contributed by atoms with Crippen molar-refractivity contribution < 1.29 is 8.78 Å². The summed E-state index contributed by atoms with van der Waals surface area (Å²) in [6, 6.07) is 2.72. The second-order valence-corrected chi connectivity index (χ2v) is 4.95. The van der Waals surface area contributed by atoms with Crippen LogP contribution < -0.4 is 10.9 Å². The van der Waals surface area contributed by atoms with Gasteiger partial charge in [0.25, 0.3) is 5.56 Å².